The van der Waals surface area contributed by atoms with Crippen LogP contribution in [0.25, 0.3) is 10.2 Å². The standard InChI is InChI=1S/C14H11ClN2OS/c1-18-12-8-3-2-6-10(12)16-14-17-11-7-4-5-9(15)13(11)19-14/h2-8H,1H3,(H,16,17). The zero-order chi connectivity index (χ0) is 13.2. The van der Waals surface area contributed by atoms with Crippen molar-refractivity contribution < 1.29 is 4.74 Å². The maximum Gasteiger partial charge on any atom is 0.188 e. The predicted molar refractivity (Wildman–Crippen MR) is 80.9 cm³/mol. The molecule has 19 heavy (non-hydrogen) atoms. The summed E-state index contributed by atoms with van der Waals surface area (Å²) >= 11 is 7.68. The third-order valence-corrected chi connectivity index (χ3v) is 4.16. The number of aromatic nitrogens is 1. The van der Waals surface area contributed by atoms with Gasteiger partial charge < -0.3 is 10.1 Å². The number of anilines is 2. The highest BCUT2D eigenvalue weighted by atomic mass is 35.5. The number of fused-ring (bicyclic) bond motifs is 1. The Kier molecular flexibility index (Phi) is 3.27. The summed E-state index contributed by atoms with van der Waals surface area (Å²) in [7, 11) is 1.65. The molecule has 0 saturated heterocycles. The van der Waals surface area contributed by atoms with Crippen LogP contribution in [-0.4, -0.2) is 12.1 Å². The summed E-state index contributed by atoms with van der Waals surface area (Å²) in [5.74, 6) is 0.785. The molecule has 0 saturated carbocycles. The molecule has 0 atom stereocenters. The van der Waals surface area contributed by atoms with E-state index in [1.165, 1.54) is 11.3 Å². The zero-order valence-electron chi connectivity index (χ0n) is 10.2. The summed E-state index contributed by atoms with van der Waals surface area (Å²) in [5, 5.41) is 4.79. The largest absolute Gasteiger partial charge is 0.495 e. The lowest BCUT2D eigenvalue weighted by molar-refractivity contribution is 0.417. The fraction of sp³-hybridized carbons (Fsp3) is 0.0714. The van der Waals surface area contributed by atoms with Crippen molar-refractivity contribution in [2.45, 2.75) is 0 Å². The molecule has 2 aromatic carbocycles. The van der Waals surface area contributed by atoms with Gasteiger partial charge in [0.2, 0.25) is 0 Å². The first kappa shape index (κ1) is 12.3. The van der Waals surface area contributed by atoms with Gasteiger partial charge in [0.1, 0.15) is 5.75 Å². The minimum Gasteiger partial charge on any atom is -0.495 e. The molecule has 0 spiro atoms. The van der Waals surface area contributed by atoms with Crippen molar-refractivity contribution in [3.63, 3.8) is 0 Å². The summed E-state index contributed by atoms with van der Waals surface area (Å²) < 4.78 is 6.29. The van der Waals surface area contributed by atoms with Gasteiger partial charge in [-0.2, -0.15) is 0 Å². The van der Waals surface area contributed by atoms with E-state index in [4.69, 9.17) is 16.3 Å². The Hall–Kier alpha value is -1.78. The number of hydrogen-bond acceptors (Lipinski definition) is 4. The van der Waals surface area contributed by atoms with E-state index in [-0.39, 0.29) is 0 Å². The fourth-order valence-corrected chi connectivity index (χ4v) is 3.00. The highest BCUT2D eigenvalue weighted by Crippen LogP contribution is 2.35. The van der Waals surface area contributed by atoms with Gasteiger partial charge in [0.05, 0.1) is 28.0 Å². The van der Waals surface area contributed by atoms with Crippen LogP contribution in [0.15, 0.2) is 42.5 Å². The highest BCUT2D eigenvalue weighted by molar-refractivity contribution is 7.22. The minimum atomic E-state index is 0.725. The van der Waals surface area contributed by atoms with E-state index in [2.05, 4.69) is 10.3 Å². The summed E-state index contributed by atoms with van der Waals surface area (Å²) in [6.07, 6.45) is 0. The molecular weight excluding hydrogens is 280 g/mol. The van der Waals surface area contributed by atoms with E-state index in [0.29, 0.717) is 0 Å². The SMILES string of the molecule is COc1ccccc1Nc1nc2cccc(Cl)c2s1. The van der Waals surface area contributed by atoms with Crippen LogP contribution in [0.1, 0.15) is 0 Å². The molecule has 0 radical (unpaired) electrons. The number of nitrogens with zero attached hydrogens (tertiary/aromatic N) is 1. The Morgan fingerprint density at radius 1 is 1.16 bits per heavy atom. The minimum absolute atomic E-state index is 0.725. The molecule has 0 aliphatic heterocycles. The number of thiazole rings is 1. The van der Waals surface area contributed by atoms with Crippen LogP contribution in [0.4, 0.5) is 10.8 Å². The maximum atomic E-state index is 6.15. The van der Waals surface area contributed by atoms with Crippen molar-refractivity contribution in [3.05, 3.63) is 47.5 Å². The number of para-hydroxylation sites is 2. The lowest BCUT2D eigenvalue weighted by Crippen LogP contribution is -1.93. The summed E-state index contributed by atoms with van der Waals surface area (Å²) in [6.45, 7) is 0. The van der Waals surface area contributed by atoms with E-state index in [9.17, 15) is 0 Å². The van der Waals surface area contributed by atoms with Gasteiger partial charge in [0.15, 0.2) is 5.13 Å². The van der Waals surface area contributed by atoms with E-state index in [1.54, 1.807) is 7.11 Å². The van der Waals surface area contributed by atoms with Crippen LogP contribution >= 0.6 is 22.9 Å². The van der Waals surface area contributed by atoms with Crippen molar-refractivity contribution >= 4 is 44.0 Å². The van der Waals surface area contributed by atoms with Gasteiger partial charge in [-0.05, 0) is 24.3 Å². The van der Waals surface area contributed by atoms with Gasteiger partial charge in [0, 0.05) is 0 Å². The Balaban J connectivity index is 1.99. The Bertz CT molecular complexity index is 726. The number of ether oxygens (including phenoxy) is 1. The number of rotatable bonds is 3. The monoisotopic (exact) mass is 290 g/mol. The van der Waals surface area contributed by atoms with Crippen LogP contribution in [0.2, 0.25) is 5.02 Å². The maximum absolute atomic E-state index is 6.15. The lowest BCUT2D eigenvalue weighted by Gasteiger charge is -2.07. The number of hydrogen-bond donors (Lipinski definition) is 1. The smallest absolute Gasteiger partial charge is 0.188 e. The first-order valence-electron chi connectivity index (χ1n) is 5.73. The highest BCUT2D eigenvalue weighted by Gasteiger charge is 2.08. The van der Waals surface area contributed by atoms with Gasteiger partial charge in [-0.25, -0.2) is 4.98 Å². The first-order chi connectivity index (χ1) is 9.28. The molecule has 96 valence electrons. The Labute approximate surface area is 119 Å². The van der Waals surface area contributed by atoms with Crippen molar-refractivity contribution in [1.82, 2.24) is 4.98 Å². The molecule has 0 aliphatic carbocycles. The van der Waals surface area contributed by atoms with Crippen molar-refractivity contribution in [1.29, 1.82) is 0 Å². The second kappa shape index (κ2) is 5.07. The van der Waals surface area contributed by atoms with Gasteiger partial charge in [0.25, 0.3) is 0 Å². The molecule has 1 heterocycles. The molecule has 3 aromatic rings. The van der Waals surface area contributed by atoms with Gasteiger partial charge in [-0.15, -0.1) is 0 Å². The fourth-order valence-electron chi connectivity index (χ4n) is 1.83. The molecule has 0 unspecified atom stereocenters. The van der Waals surface area contributed by atoms with Crippen molar-refractivity contribution in [2.75, 3.05) is 12.4 Å². The summed E-state index contributed by atoms with van der Waals surface area (Å²) in [4.78, 5) is 4.51. The number of nitrogens with one attached hydrogen (secondary N) is 1. The third kappa shape index (κ3) is 2.37. The normalized spacial score (nSPS) is 10.6. The predicted octanol–water partition coefficient (Wildman–Crippen LogP) is 4.70. The van der Waals surface area contributed by atoms with Crippen LogP contribution in [0, 0.1) is 0 Å². The first-order valence-corrected chi connectivity index (χ1v) is 6.92. The van der Waals surface area contributed by atoms with E-state index >= 15 is 0 Å². The lowest BCUT2D eigenvalue weighted by atomic mass is 10.3. The van der Waals surface area contributed by atoms with E-state index in [0.717, 1.165) is 31.8 Å². The number of benzene rings is 2. The second-order valence-electron chi connectivity index (χ2n) is 3.93. The van der Waals surface area contributed by atoms with Crippen LogP contribution in [0.3, 0.4) is 0 Å². The number of halogens is 1. The molecule has 0 aliphatic rings. The van der Waals surface area contributed by atoms with Crippen LogP contribution in [0.5, 0.6) is 5.75 Å². The Morgan fingerprint density at radius 2 is 2.00 bits per heavy atom. The van der Waals surface area contributed by atoms with Crippen LogP contribution in [-0.2, 0) is 0 Å². The number of methoxy groups -OCH3 is 1. The average Bonchev–Trinajstić information content (AvgIpc) is 2.83. The molecule has 3 rings (SSSR count). The average molecular weight is 291 g/mol. The van der Waals surface area contributed by atoms with Crippen LogP contribution < -0.4 is 10.1 Å². The Morgan fingerprint density at radius 3 is 2.79 bits per heavy atom. The third-order valence-electron chi connectivity index (χ3n) is 2.72. The molecule has 1 N–H and O–H groups in total. The topological polar surface area (TPSA) is 34.1 Å². The van der Waals surface area contributed by atoms with Crippen molar-refractivity contribution in [3.8, 4) is 5.75 Å². The zero-order valence-corrected chi connectivity index (χ0v) is 11.8. The van der Waals surface area contributed by atoms with Gasteiger partial charge in [-0.3, -0.25) is 0 Å². The summed E-state index contributed by atoms with van der Waals surface area (Å²) in [5.41, 5.74) is 1.79. The van der Waals surface area contributed by atoms with E-state index in [1.807, 2.05) is 42.5 Å². The molecule has 3 nitrogen and oxygen atoms in total. The molecule has 0 fully saturated rings. The van der Waals surface area contributed by atoms with Gasteiger partial charge in [-0.1, -0.05) is 41.1 Å². The van der Waals surface area contributed by atoms with Gasteiger partial charge >= 0.3 is 0 Å². The molecule has 1 aromatic heterocycles. The summed E-state index contributed by atoms with van der Waals surface area (Å²) in [6, 6.07) is 13.5. The molecular formula is C14H11ClN2OS. The quantitative estimate of drug-likeness (QED) is 0.759. The second-order valence-corrected chi connectivity index (χ2v) is 5.34. The molecule has 0 amide bonds. The molecule has 0 bridgehead atoms. The molecule has 5 heteroatoms. The van der Waals surface area contributed by atoms with Crippen molar-refractivity contribution in [2.24, 2.45) is 0 Å². The van der Waals surface area contributed by atoms with E-state index < -0.39 is 0 Å².